The van der Waals surface area contributed by atoms with Crippen LogP contribution in [0.5, 0.6) is 0 Å². The molecule has 0 unspecified atom stereocenters. The van der Waals surface area contributed by atoms with Crippen molar-refractivity contribution in [2.75, 3.05) is 23.4 Å². The molecule has 152 valence electrons. The molecule has 1 aliphatic rings. The van der Waals surface area contributed by atoms with Gasteiger partial charge in [0.15, 0.2) is 6.61 Å². The van der Waals surface area contributed by atoms with Crippen LogP contribution in [-0.2, 0) is 19.1 Å². The first-order valence-corrected chi connectivity index (χ1v) is 10.6. The first kappa shape index (κ1) is 21.5. The maximum atomic E-state index is 12.4. The molecule has 1 atom stereocenters. The average Bonchev–Trinajstić information content (AvgIpc) is 3.05. The molecule has 1 N–H and O–H groups in total. The van der Waals surface area contributed by atoms with E-state index in [9.17, 15) is 14.4 Å². The van der Waals surface area contributed by atoms with Crippen molar-refractivity contribution < 1.29 is 19.1 Å². The predicted octanol–water partition coefficient (Wildman–Crippen LogP) is 4.36. The van der Waals surface area contributed by atoms with E-state index in [4.69, 9.17) is 4.74 Å². The number of ether oxygens (including phenoxy) is 1. The van der Waals surface area contributed by atoms with Crippen molar-refractivity contribution in [2.24, 2.45) is 5.92 Å². The standard InChI is InChI=1S/C21H20Br2N2O4/c1-12-7-16(23)8-13(2)20(12)24-18(26)11-29-21(28)14-9-19(27)25(10-14)17-5-3-15(22)4-6-17/h3-8,14H,9-11H2,1-2H3,(H,24,26)/t14-/m0/s1. The van der Waals surface area contributed by atoms with E-state index in [1.165, 1.54) is 0 Å². The first-order valence-electron chi connectivity index (χ1n) is 9.03. The quantitative estimate of drug-likeness (QED) is 0.591. The minimum Gasteiger partial charge on any atom is -0.455 e. The summed E-state index contributed by atoms with van der Waals surface area (Å²) in [5.74, 6) is -1.69. The summed E-state index contributed by atoms with van der Waals surface area (Å²) >= 11 is 6.77. The minimum atomic E-state index is -0.588. The Bertz CT molecular complexity index is 937. The maximum absolute atomic E-state index is 12.4. The lowest BCUT2D eigenvalue weighted by molar-refractivity contribution is -0.151. The molecule has 2 aromatic rings. The molecule has 0 aromatic heterocycles. The Morgan fingerprint density at radius 3 is 2.34 bits per heavy atom. The van der Waals surface area contributed by atoms with Crippen molar-refractivity contribution in [2.45, 2.75) is 20.3 Å². The molecule has 3 rings (SSSR count). The van der Waals surface area contributed by atoms with Crippen LogP contribution in [0.1, 0.15) is 17.5 Å². The Hall–Kier alpha value is -2.19. The molecule has 1 aliphatic heterocycles. The van der Waals surface area contributed by atoms with Crippen LogP contribution in [-0.4, -0.2) is 30.9 Å². The number of carbonyl (C=O) groups excluding carboxylic acids is 3. The fourth-order valence-corrected chi connectivity index (χ4v) is 4.22. The number of amides is 2. The molecule has 8 heteroatoms. The van der Waals surface area contributed by atoms with Gasteiger partial charge in [0.05, 0.1) is 5.92 Å². The van der Waals surface area contributed by atoms with Crippen molar-refractivity contribution in [1.29, 1.82) is 0 Å². The number of nitrogens with one attached hydrogen (secondary N) is 1. The number of esters is 1. The molecule has 2 aromatic carbocycles. The van der Waals surface area contributed by atoms with Gasteiger partial charge in [0, 0.05) is 33.3 Å². The van der Waals surface area contributed by atoms with Gasteiger partial charge in [-0.15, -0.1) is 0 Å². The molecule has 0 aliphatic carbocycles. The maximum Gasteiger partial charge on any atom is 0.311 e. The number of benzene rings is 2. The SMILES string of the molecule is Cc1cc(Br)cc(C)c1NC(=O)COC(=O)[C@H]1CC(=O)N(c2ccc(Br)cc2)C1. The van der Waals surface area contributed by atoms with Crippen LogP contribution in [0.15, 0.2) is 45.3 Å². The summed E-state index contributed by atoms with van der Waals surface area (Å²) in [6.45, 7) is 3.63. The lowest BCUT2D eigenvalue weighted by Crippen LogP contribution is -2.28. The van der Waals surface area contributed by atoms with Crippen molar-refractivity contribution in [3.05, 3.63) is 56.5 Å². The second-order valence-electron chi connectivity index (χ2n) is 6.95. The number of anilines is 2. The molecule has 0 radical (unpaired) electrons. The third kappa shape index (κ3) is 5.25. The number of nitrogens with zero attached hydrogens (tertiary/aromatic N) is 1. The number of hydrogen-bond acceptors (Lipinski definition) is 4. The van der Waals surface area contributed by atoms with Crippen molar-refractivity contribution in [3.63, 3.8) is 0 Å². The fourth-order valence-electron chi connectivity index (χ4n) is 3.27. The Morgan fingerprint density at radius 1 is 1.10 bits per heavy atom. The highest BCUT2D eigenvalue weighted by atomic mass is 79.9. The van der Waals surface area contributed by atoms with Gasteiger partial charge in [-0.1, -0.05) is 31.9 Å². The van der Waals surface area contributed by atoms with E-state index in [2.05, 4.69) is 37.2 Å². The second kappa shape index (κ2) is 9.09. The first-order chi connectivity index (χ1) is 13.7. The number of carbonyl (C=O) groups is 3. The second-order valence-corrected chi connectivity index (χ2v) is 8.78. The van der Waals surface area contributed by atoms with Crippen LogP contribution in [0.25, 0.3) is 0 Å². The zero-order chi connectivity index (χ0) is 21.1. The molecule has 1 heterocycles. The highest BCUT2D eigenvalue weighted by Crippen LogP contribution is 2.27. The molecule has 29 heavy (non-hydrogen) atoms. The van der Waals surface area contributed by atoms with Gasteiger partial charge < -0.3 is 15.0 Å². The van der Waals surface area contributed by atoms with E-state index in [1.807, 2.05) is 50.2 Å². The van der Waals surface area contributed by atoms with Crippen LogP contribution in [0.2, 0.25) is 0 Å². The molecule has 0 saturated carbocycles. The summed E-state index contributed by atoms with van der Waals surface area (Å²) in [7, 11) is 0. The van der Waals surface area contributed by atoms with E-state index in [0.29, 0.717) is 5.69 Å². The lowest BCUT2D eigenvalue weighted by Gasteiger charge is -2.16. The van der Waals surface area contributed by atoms with Crippen molar-refractivity contribution in [3.8, 4) is 0 Å². The summed E-state index contributed by atoms with van der Waals surface area (Å²) in [4.78, 5) is 38.4. The van der Waals surface area contributed by atoms with Crippen molar-refractivity contribution >= 4 is 61.0 Å². The molecule has 1 fully saturated rings. The summed E-state index contributed by atoms with van der Waals surface area (Å²) in [6, 6.07) is 11.1. The topological polar surface area (TPSA) is 75.7 Å². The molecule has 6 nitrogen and oxygen atoms in total. The predicted molar refractivity (Wildman–Crippen MR) is 118 cm³/mol. The van der Waals surface area contributed by atoms with Gasteiger partial charge in [-0.2, -0.15) is 0 Å². The molecular formula is C21H20Br2N2O4. The van der Waals surface area contributed by atoms with Gasteiger partial charge in [0.2, 0.25) is 5.91 Å². The Balaban J connectivity index is 1.55. The van der Waals surface area contributed by atoms with Crippen LogP contribution in [0.4, 0.5) is 11.4 Å². The third-order valence-corrected chi connectivity index (χ3v) is 5.69. The highest BCUT2D eigenvalue weighted by Gasteiger charge is 2.36. The number of hydrogen-bond donors (Lipinski definition) is 1. The summed E-state index contributed by atoms with van der Waals surface area (Å²) < 4.78 is 7.01. The van der Waals surface area contributed by atoms with Crippen LogP contribution >= 0.6 is 31.9 Å². The molecule has 0 bridgehead atoms. The molecule has 0 spiro atoms. The summed E-state index contributed by atoms with van der Waals surface area (Å²) in [6.07, 6.45) is 0.0709. The van der Waals surface area contributed by atoms with Crippen LogP contribution in [0.3, 0.4) is 0 Å². The van der Waals surface area contributed by atoms with Gasteiger partial charge in [-0.3, -0.25) is 14.4 Å². The Kier molecular flexibility index (Phi) is 6.74. The van der Waals surface area contributed by atoms with E-state index < -0.39 is 24.4 Å². The zero-order valence-electron chi connectivity index (χ0n) is 16.0. The van der Waals surface area contributed by atoms with Gasteiger partial charge in [0.1, 0.15) is 0 Å². The largest absolute Gasteiger partial charge is 0.455 e. The van der Waals surface area contributed by atoms with Crippen molar-refractivity contribution in [1.82, 2.24) is 0 Å². The lowest BCUT2D eigenvalue weighted by atomic mass is 10.1. The van der Waals surface area contributed by atoms with Crippen LogP contribution < -0.4 is 10.2 Å². The van der Waals surface area contributed by atoms with Gasteiger partial charge in [0.25, 0.3) is 5.91 Å². The number of halogens is 2. The summed E-state index contributed by atoms with van der Waals surface area (Å²) in [5.41, 5.74) is 3.24. The normalized spacial score (nSPS) is 16.1. The van der Waals surface area contributed by atoms with Gasteiger partial charge in [-0.25, -0.2) is 0 Å². The van der Waals surface area contributed by atoms with Crippen LogP contribution in [0, 0.1) is 19.8 Å². The monoisotopic (exact) mass is 522 g/mol. The van der Waals surface area contributed by atoms with E-state index in [1.54, 1.807) is 4.90 Å². The minimum absolute atomic E-state index is 0.0709. The zero-order valence-corrected chi connectivity index (χ0v) is 19.2. The highest BCUT2D eigenvalue weighted by molar-refractivity contribution is 9.10. The van der Waals surface area contributed by atoms with E-state index in [-0.39, 0.29) is 18.9 Å². The number of rotatable bonds is 5. The summed E-state index contributed by atoms with van der Waals surface area (Å²) in [5, 5.41) is 2.78. The molecule has 1 saturated heterocycles. The Labute approximate surface area is 185 Å². The fraction of sp³-hybridized carbons (Fsp3) is 0.286. The molecule has 2 amide bonds. The molecular weight excluding hydrogens is 504 g/mol. The average molecular weight is 524 g/mol. The van der Waals surface area contributed by atoms with Gasteiger partial charge in [-0.05, 0) is 61.4 Å². The number of aryl methyl sites for hydroxylation is 2. The third-order valence-electron chi connectivity index (χ3n) is 4.70. The van der Waals surface area contributed by atoms with Gasteiger partial charge >= 0.3 is 5.97 Å². The van der Waals surface area contributed by atoms with E-state index in [0.717, 1.165) is 25.8 Å². The van der Waals surface area contributed by atoms with E-state index >= 15 is 0 Å². The smallest absolute Gasteiger partial charge is 0.311 e. The Morgan fingerprint density at radius 2 is 1.72 bits per heavy atom.